The lowest BCUT2D eigenvalue weighted by Crippen LogP contribution is -2.36. The van der Waals surface area contributed by atoms with Gasteiger partial charge in [-0.1, -0.05) is 0 Å². The normalized spacial score (nSPS) is 18.9. The van der Waals surface area contributed by atoms with Crippen LogP contribution in [0.4, 0.5) is 0 Å². The Morgan fingerprint density at radius 3 is 3.13 bits per heavy atom. The zero-order chi connectivity index (χ0) is 16.2. The zero-order valence-electron chi connectivity index (χ0n) is 13.0. The fraction of sp³-hybridized carbons (Fsp3) is 0.412. The molecule has 6 nitrogen and oxygen atoms in total. The van der Waals surface area contributed by atoms with E-state index < -0.39 is 6.10 Å². The number of aliphatic hydroxyl groups is 1. The summed E-state index contributed by atoms with van der Waals surface area (Å²) in [5.74, 6) is 0.752. The van der Waals surface area contributed by atoms with Gasteiger partial charge >= 0.3 is 0 Å². The molecule has 0 bridgehead atoms. The van der Waals surface area contributed by atoms with Crippen molar-refractivity contribution >= 4 is 5.91 Å². The van der Waals surface area contributed by atoms with E-state index in [1.165, 1.54) is 13.4 Å². The minimum absolute atomic E-state index is 0.0208. The first kappa shape index (κ1) is 15.6. The zero-order valence-corrected chi connectivity index (χ0v) is 13.0. The van der Waals surface area contributed by atoms with Gasteiger partial charge in [0, 0.05) is 25.2 Å². The molecule has 3 heterocycles. The van der Waals surface area contributed by atoms with E-state index in [1.807, 2.05) is 0 Å². The summed E-state index contributed by atoms with van der Waals surface area (Å²) in [5, 5.41) is 10.3. The molecule has 0 radical (unpaired) electrons. The van der Waals surface area contributed by atoms with Gasteiger partial charge in [0.05, 0.1) is 13.4 Å². The summed E-state index contributed by atoms with van der Waals surface area (Å²) >= 11 is 0. The van der Waals surface area contributed by atoms with E-state index in [2.05, 4.69) is 4.98 Å². The third kappa shape index (κ3) is 3.22. The monoisotopic (exact) mass is 316 g/mol. The number of pyridine rings is 1. The standard InChI is InChI=1S/C17H20N2O4/c1-22-16-13(6-2-8-18-16)17(21)19-9-3-5-12(19)11-14(20)15-7-4-10-23-15/h2,4,6-8,10,12,14,20H,3,5,9,11H2,1H3. The Morgan fingerprint density at radius 1 is 1.52 bits per heavy atom. The Kier molecular flexibility index (Phi) is 4.62. The van der Waals surface area contributed by atoms with Crippen molar-refractivity contribution in [3.05, 3.63) is 48.0 Å². The van der Waals surface area contributed by atoms with Crippen molar-refractivity contribution in [1.29, 1.82) is 0 Å². The smallest absolute Gasteiger partial charge is 0.259 e. The van der Waals surface area contributed by atoms with Gasteiger partial charge in [-0.2, -0.15) is 0 Å². The number of hydrogen-bond donors (Lipinski definition) is 1. The predicted octanol–water partition coefficient (Wildman–Crippen LogP) is 2.41. The Hall–Kier alpha value is -2.34. The lowest BCUT2D eigenvalue weighted by molar-refractivity contribution is 0.0637. The summed E-state index contributed by atoms with van der Waals surface area (Å²) < 4.78 is 10.4. The molecule has 1 saturated heterocycles. The molecule has 6 heteroatoms. The first-order chi connectivity index (χ1) is 11.2. The molecule has 0 saturated carbocycles. The van der Waals surface area contributed by atoms with Crippen LogP contribution in [-0.4, -0.2) is 40.6 Å². The number of likely N-dealkylation sites (tertiary alicyclic amines) is 1. The molecule has 1 amide bonds. The van der Waals surface area contributed by atoms with Gasteiger partial charge in [0.15, 0.2) is 0 Å². The van der Waals surface area contributed by atoms with Crippen LogP contribution in [0.1, 0.15) is 41.5 Å². The number of ether oxygens (including phenoxy) is 1. The van der Waals surface area contributed by atoms with E-state index >= 15 is 0 Å². The quantitative estimate of drug-likeness (QED) is 0.917. The van der Waals surface area contributed by atoms with Crippen molar-refractivity contribution < 1.29 is 19.1 Å². The highest BCUT2D eigenvalue weighted by Gasteiger charge is 2.33. The van der Waals surface area contributed by atoms with Crippen molar-refractivity contribution in [2.75, 3.05) is 13.7 Å². The van der Waals surface area contributed by atoms with Gasteiger partial charge in [0.25, 0.3) is 5.91 Å². The van der Waals surface area contributed by atoms with Crippen LogP contribution in [0.5, 0.6) is 5.88 Å². The molecule has 2 aromatic heterocycles. The van der Waals surface area contributed by atoms with Crippen molar-refractivity contribution in [3.8, 4) is 5.88 Å². The van der Waals surface area contributed by atoms with Crippen molar-refractivity contribution in [2.24, 2.45) is 0 Å². The molecule has 0 aromatic carbocycles. The van der Waals surface area contributed by atoms with Crippen LogP contribution in [-0.2, 0) is 0 Å². The first-order valence-corrected chi connectivity index (χ1v) is 7.72. The van der Waals surface area contributed by atoms with Crippen LogP contribution in [0, 0.1) is 0 Å². The molecule has 1 aliphatic rings. The maximum atomic E-state index is 12.8. The van der Waals surface area contributed by atoms with Crippen LogP contribution >= 0.6 is 0 Å². The fourth-order valence-corrected chi connectivity index (χ4v) is 3.07. The fourth-order valence-electron chi connectivity index (χ4n) is 3.07. The van der Waals surface area contributed by atoms with E-state index in [9.17, 15) is 9.90 Å². The molecule has 1 N–H and O–H groups in total. The summed E-state index contributed by atoms with van der Waals surface area (Å²) in [6, 6.07) is 6.91. The second kappa shape index (κ2) is 6.83. The number of carbonyl (C=O) groups excluding carboxylic acids is 1. The van der Waals surface area contributed by atoms with E-state index in [1.54, 1.807) is 35.4 Å². The second-order valence-corrected chi connectivity index (χ2v) is 5.62. The van der Waals surface area contributed by atoms with Gasteiger partial charge in [-0.05, 0) is 37.1 Å². The van der Waals surface area contributed by atoms with Crippen LogP contribution in [0.2, 0.25) is 0 Å². The summed E-state index contributed by atoms with van der Waals surface area (Å²) in [6.07, 6.45) is 4.67. The van der Waals surface area contributed by atoms with Crippen LogP contribution in [0.15, 0.2) is 41.1 Å². The largest absolute Gasteiger partial charge is 0.480 e. The van der Waals surface area contributed by atoms with E-state index in [0.717, 1.165) is 12.8 Å². The highest BCUT2D eigenvalue weighted by Crippen LogP contribution is 2.30. The maximum Gasteiger partial charge on any atom is 0.259 e. The lowest BCUT2D eigenvalue weighted by Gasteiger charge is -2.26. The number of nitrogens with zero attached hydrogens (tertiary/aromatic N) is 2. The van der Waals surface area contributed by atoms with E-state index in [4.69, 9.17) is 9.15 Å². The van der Waals surface area contributed by atoms with Gasteiger partial charge in [-0.3, -0.25) is 4.79 Å². The number of methoxy groups -OCH3 is 1. The number of carbonyl (C=O) groups is 1. The topological polar surface area (TPSA) is 75.8 Å². The Morgan fingerprint density at radius 2 is 2.39 bits per heavy atom. The Balaban J connectivity index is 1.74. The molecular formula is C17H20N2O4. The number of aliphatic hydroxyl groups excluding tert-OH is 1. The average Bonchev–Trinajstić information content (AvgIpc) is 3.25. The predicted molar refractivity (Wildman–Crippen MR) is 83.1 cm³/mol. The van der Waals surface area contributed by atoms with Crippen LogP contribution in [0.25, 0.3) is 0 Å². The molecular weight excluding hydrogens is 296 g/mol. The number of hydrogen-bond acceptors (Lipinski definition) is 5. The summed E-state index contributed by atoms with van der Waals surface area (Å²) in [4.78, 5) is 18.7. The molecule has 0 aliphatic carbocycles. The minimum Gasteiger partial charge on any atom is -0.480 e. The molecule has 2 atom stereocenters. The molecule has 1 fully saturated rings. The Bertz CT molecular complexity index is 656. The van der Waals surface area contributed by atoms with Crippen molar-refractivity contribution in [3.63, 3.8) is 0 Å². The van der Waals surface area contributed by atoms with Crippen LogP contribution in [0.3, 0.4) is 0 Å². The highest BCUT2D eigenvalue weighted by molar-refractivity contribution is 5.96. The van der Waals surface area contributed by atoms with Gasteiger partial charge < -0.3 is 19.2 Å². The SMILES string of the molecule is COc1ncccc1C(=O)N1CCCC1CC(O)c1ccco1. The number of amides is 1. The lowest BCUT2D eigenvalue weighted by atomic mass is 10.0. The number of rotatable bonds is 5. The maximum absolute atomic E-state index is 12.8. The summed E-state index contributed by atoms with van der Waals surface area (Å²) in [5.41, 5.74) is 0.453. The Labute approximate surface area is 134 Å². The minimum atomic E-state index is -0.709. The summed E-state index contributed by atoms with van der Waals surface area (Å²) in [7, 11) is 1.50. The average molecular weight is 316 g/mol. The highest BCUT2D eigenvalue weighted by atomic mass is 16.5. The van der Waals surface area contributed by atoms with Crippen molar-refractivity contribution in [1.82, 2.24) is 9.88 Å². The number of aromatic nitrogens is 1. The molecule has 122 valence electrons. The molecule has 2 unspecified atom stereocenters. The number of furan rings is 1. The third-order valence-electron chi connectivity index (χ3n) is 4.20. The summed E-state index contributed by atoms with van der Waals surface area (Å²) in [6.45, 7) is 0.673. The molecule has 23 heavy (non-hydrogen) atoms. The molecule has 3 rings (SSSR count). The van der Waals surface area contributed by atoms with Crippen LogP contribution < -0.4 is 4.74 Å². The van der Waals surface area contributed by atoms with Crippen molar-refractivity contribution in [2.45, 2.75) is 31.4 Å². The van der Waals surface area contributed by atoms with Gasteiger partial charge in [0.2, 0.25) is 5.88 Å². The second-order valence-electron chi connectivity index (χ2n) is 5.62. The molecule has 0 spiro atoms. The third-order valence-corrected chi connectivity index (χ3v) is 4.20. The van der Waals surface area contributed by atoms with Gasteiger partial charge in [-0.15, -0.1) is 0 Å². The van der Waals surface area contributed by atoms with E-state index in [-0.39, 0.29) is 11.9 Å². The first-order valence-electron chi connectivity index (χ1n) is 7.72. The van der Waals surface area contributed by atoms with Gasteiger partial charge in [-0.25, -0.2) is 4.98 Å². The van der Waals surface area contributed by atoms with Gasteiger partial charge in [0.1, 0.15) is 17.4 Å². The molecule has 2 aromatic rings. The molecule has 1 aliphatic heterocycles. The van der Waals surface area contributed by atoms with E-state index in [0.29, 0.717) is 30.2 Å².